The fourth-order valence-electron chi connectivity index (χ4n) is 3.44. The third-order valence-corrected chi connectivity index (χ3v) is 4.56. The smallest absolute Gasteiger partial charge is 0.333 e. The summed E-state index contributed by atoms with van der Waals surface area (Å²) in [6.07, 6.45) is 1.45. The summed E-state index contributed by atoms with van der Waals surface area (Å²) in [5.74, 6) is -0.304. The Morgan fingerprint density at radius 2 is 2.04 bits per heavy atom. The molecule has 0 amide bonds. The average molecular weight is 346 g/mol. The Labute approximate surface area is 144 Å². The molecule has 0 spiro atoms. The van der Waals surface area contributed by atoms with Crippen molar-refractivity contribution in [2.24, 2.45) is 13.0 Å². The zero-order chi connectivity index (χ0) is 18.1. The second-order valence-electron chi connectivity index (χ2n) is 6.29. The van der Waals surface area contributed by atoms with Gasteiger partial charge in [0.1, 0.15) is 11.5 Å². The minimum atomic E-state index is -0.428. The molecule has 0 aliphatic carbocycles. The molecule has 0 bridgehead atoms. The number of piperidine rings is 1. The maximum absolute atomic E-state index is 13.0. The summed E-state index contributed by atoms with van der Waals surface area (Å²) in [6, 6.07) is 5.49. The van der Waals surface area contributed by atoms with Crippen LogP contribution in [0.15, 0.2) is 24.3 Å². The van der Waals surface area contributed by atoms with Crippen molar-refractivity contribution in [2.45, 2.75) is 19.8 Å². The molecule has 0 N–H and O–H groups in total. The first kappa shape index (κ1) is 17.1. The fourth-order valence-corrected chi connectivity index (χ4v) is 3.44. The van der Waals surface area contributed by atoms with Crippen LogP contribution in [0.25, 0.3) is 0 Å². The summed E-state index contributed by atoms with van der Waals surface area (Å²) in [5.41, 5.74) is 0.802. The van der Waals surface area contributed by atoms with Gasteiger partial charge in [0.15, 0.2) is 5.78 Å². The van der Waals surface area contributed by atoms with Crippen LogP contribution < -0.4 is 4.90 Å². The average Bonchev–Trinajstić information content (AvgIpc) is 2.89. The minimum Gasteiger partial charge on any atom is -0.350 e. The summed E-state index contributed by atoms with van der Waals surface area (Å²) < 4.78 is 14.5. The second kappa shape index (κ2) is 6.62. The van der Waals surface area contributed by atoms with Crippen LogP contribution in [-0.2, 0) is 7.05 Å². The van der Waals surface area contributed by atoms with E-state index in [9.17, 15) is 19.3 Å². The van der Waals surface area contributed by atoms with Crippen LogP contribution in [-0.4, -0.2) is 33.6 Å². The number of rotatable bonds is 4. The molecule has 1 aromatic carbocycles. The molecule has 25 heavy (non-hydrogen) atoms. The van der Waals surface area contributed by atoms with Crippen molar-refractivity contribution < 1.29 is 14.1 Å². The van der Waals surface area contributed by atoms with Crippen LogP contribution in [0.5, 0.6) is 0 Å². The van der Waals surface area contributed by atoms with Gasteiger partial charge in [0, 0.05) is 31.6 Å². The van der Waals surface area contributed by atoms with Gasteiger partial charge in [0.2, 0.25) is 5.82 Å². The molecule has 1 aromatic heterocycles. The lowest BCUT2D eigenvalue weighted by atomic mass is 9.90. The number of halogens is 1. The van der Waals surface area contributed by atoms with Gasteiger partial charge in [-0.05, 0) is 44.0 Å². The van der Waals surface area contributed by atoms with Crippen molar-refractivity contribution in [3.05, 3.63) is 51.5 Å². The number of Topliss-reactive ketones (excluding diaryl/α,β-unsaturated/α-hetero) is 1. The van der Waals surface area contributed by atoms with Crippen LogP contribution in [0.4, 0.5) is 15.9 Å². The van der Waals surface area contributed by atoms with Gasteiger partial charge >= 0.3 is 5.69 Å². The molecule has 8 heteroatoms. The molecule has 0 saturated carbocycles. The molecular formula is C17H19FN4O3. The summed E-state index contributed by atoms with van der Waals surface area (Å²) >= 11 is 0. The topological polar surface area (TPSA) is 81.3 Å². The molecule has 0 radical (unpaired) electrons. The van der Waals surface area contributed by atoms with Gasteiger partial charge in [-0.15, -0.1) is 0 Å². The van der Waals surface area contributed by atoms with Crippen LogP contribution in [0, 0.1) is 28.8 Å². The number of nitro groups is 1. The predicted octanol–water partition coefficient (Wildman–Crippen LogP) is 2.88. The number of hydrogen-bond donors (Lipinski definition) is 0. The summed E-state index contributed by atoms with van der Waals surface area (Å²) in [7, 11) is 1.67. The molecule has 2 aromatic rings. The van der Waals surface area contributed by atoms with Crippen LogP contribution in [0.1, 0.15) is 28.9 Å². The largest absolute Gasteiger partial charge is 0.350 e. The molecule has 3 rings (SSSR count). The lowest BCUT2D eigenvalue weighted by Gasteiger charge is -2.32. The van der Waals surface area contributed by atoms with Gasteiger partial charge in [-0.25, -0.2) is 9.07 Å². The Bertz CT molecular complexity index is 816. The number of anilines is 1. The number of carbonyl (C=O) groups excluding carboxylic acids is 1. The maximum atomic E-state index is 13.0. The number of carbonyl (C=O) groups is 1. The second-order valence-corrected chi connectivity index (χ2v) is 6.29. The van der Waals surface area contributed by atoms with Gasteiger partial charge in [-0.1, -0.05) is 0 Å². The van der Waals surface area contributed by atoms with Crippen molar-refractivity contribution in [1.82, 2.24) is 9.78 Å². The summed E-state index contributed by atoms with van der Waals surface area (Å²) in [6.45, 7) is 2.62. The molecule has 1 aliphatic rings. The highest BCUT2D eigenvalue weighted by atomic mass is 19.1. The molecule has 1 fully saturated rings. The lowest BCUT2D eigenvalue weighted by Crippen LogP contribution is -2.40. The van der Waals surface area contributed by atoms with Gasteiger partial charge in [-0.2, -0.15) is 5.10 Å². The van der Waals surface area contributed by atoms with Gasteiger partial charge < -0.3 is 4.90 Å². The number of nitrogens with zero attached hydrogens (tertiary/aromatic N) is 4. The molecule has 1 atom stereocenters. The van der Waals surface area contributed by atoms with Gasteiger partial charge in [-0.3, -0.25) is 14.9 Å². The van der Waals surface area contributed by atoms with Gasteiger partial charge in [0.25, 0.3) is 0 Å². The maximum Gasteiger partial charge on any atom is 0.333 e. The normalized spacial score (nSPS) is 17.6. The highest BCUT2D eigenvalue weighted by molar-refractivity contribution is 5.98. The lowest BCUT2D eigenvalue weighted by molar-refractivity contribution is -0.384. The van der Waals surface area contributed by atoms with Crippen LogP contribution in [0.3, 0.4) is 0 Å². The molecule has 1 saturated heterocycles. The van der Waals surface area contributed by atoms with E-state index in [1.807, 2.05) is 4.90 Å². The zero-order valence-electron chi connectivity index (χ0n) is 14.1. The van der Waals surface area contributed by atoms with Crippen molar-refractivity contribution in [2.75, 3.05) is 18.0 Å². The SMILES string of the molecule is Cc1nn(C)c(N2CCC[C@H](C(=O)c3ccc(F)cc3)C2)c1[N+](=O)[O-]. The number of ketones is 1. The van der Waals surface area contributed by atoms with E-state index in [0.29, 0.717) is 36.6 Å². The monoisotopic (exact) mass is 346 g/mol. The van der Waals surface area contributed by atoms with Crippen molar-refractivity contribution >= 4 is 17.3 Å². The van der Waals surface area contributed by atoms with Crippen molar-refractivity contribution in [1.29, 1.82) is 0 Å². The van der Waals surface area contributed by atoms with Gasteiger partial charge in [0.05, 0.1) is 4.92 Å². The number of benzene rings is 1. The quantitative estimate of drug-likeness (QED) is 0.483. The number of hydrogen-bond acceptors (Lipinski definition) is 5. The molecule has 1 aliphatic heterocycles. The molecule has 132 valence electrons. The van der Waals surface area contributed by atoms with E-state index >= 15 is 0 Å². The first-order chi connectivity index (χ1) is 11.9. The first-order valence-corrected chi connectivity index (χ1v) is 8.11. The van der Waals surface area contributed by atoms with Crippen molar-refractivity contribution in [3.63, 3.8) is 0 Å². The molecule has 2 heterocycles. The molecule has 7 nitrogen and oxygen atoms in total. The number of aromatic nitrogens is 2. The van der Waals surface area contributed by atoms with E-state index in [4.69, 9.17) is 0 Å². The Balaban J connectivity index is 1.86. The highest BCUT2D eigenvalue weighted by Crippen LogP contribution is 2.34. The third kappa shape index (κ3) is 3.24. The fraction of sp³-hybridized carbons (Fsp3) is 0.412. The Morgan fingerprint density at radius 3 is 2.68 bits per heavy atom. The van der Waals surface area contributed by atoms with E-state index in [-0.39, 0.29) is 23.2 Å². The van der Waals surface area contributed by atoms with Crippen LogP contribution >= 0.6 is 0 Å². The Morgan fingerprint density at radius 1 is 1.36 bits per heavy atom. The first-order valence-electron chi connectivity index (χ1n) is 8.11. The predicted molar refractivity (Wildman–Crippen MR) is 90.3 cm³/mol. The van der Waals surface area contributed by atoms with E-state index in [1.165, 1.54) is 28.9 Å². The van der Waals surface area contributed by atoms with E-state index in [0.717, 1.165) is 6.42 Å². The number of aryl methyl sites for hydroxylation is 2. The molecular weight excluding hydrogens is 327 g/mol. The summed E-state index contributed by atoms with van der Waals surface area (Å²) in [4.78, 5) is 25.5. The van der Waals surface area contributed by atoms with E-state index in [1.54, 1.807) is 14.0 Å². The van der Waals surface area contributed by atoms with Crippen molar-refractivity contribution in [3.8, 4) is 0 Å². The highest BCUT2D eigenvalue weighted by Gasteiger charge is 2.33. The summed E-state index contributed by atoms with van der Waals surface area (Å²) in [5, 5.41) is 15.5. The molecule has 0 unspecified atom stereocenters. The minimum absolute atomic E-state index is 0.0163. The van der Waals surface area contributed by atoms with E-state index in [2.05, 4.69) is 5.10 Å². The van der Waals surface area contributed by atoms with Crippen LogP contribution in [0.2, 0.25) is 0 Å². The van der Waals surface area contributed by atoms with E-state index < -0.39 is 4.92 Å². The Hall–Kier alpha value is -2.77. The Kier molecular flexibility index (Phi) is 4.52. The standard InChI is InChI=1S/C17H19FN4O3/c1-11-15(22(24)25)17(20(2)19-11)21-9-3-4-13(10-21)16(23)12-5-7-14(18)8-6-12/h5-8,13H,3-4,9-10H2,1-2H3/t13-/m0/s1. The third-order valence-electron chi connectivity index (χ3n) is 4.56. The zero-order valence-corrected chi connectivity index (χ0v) is 14.1.